The van der Waals surface area contributed by atoms with Crippen molar-refractivity contribution in [1.29, 1.82) is 0 Å². The number of likely N-dealkylation sites (tertiary alicyclic amines) is 1. The van der Waals surface area contributed by atoms with Crippen molar-refractivity contribution in [1.82, 2.24) is 14.9 Å². The molecule has 1 aromatic carbocycles. The molecule has 0 unspecified atom stereocenters. The zero-order chi connectivity index (χ0) is 17.8. The fourth-order valence-corrected chi connectivity index (χ4v) is 3.03. The Morgan fingerprint density at radius 1 is 1.28 bits per heavy atom. The molecule has 7 heteroatoms. The van der Waals surface area contributed by atoms with Crippen LogP contribution in [0.5, 0.6) is 5.75 Å². The van der Waals surface area contributed by atoms with E-state index >= 15 is 0 Å². The maximum absolute atomic E-state index is 12.5. The first-order valence-electron chi connectivity index (χ1n) is 8.28. The number of hydrogen-bond donors (Lipinski definition) is 1. The highest BCUT2D eigenvalue weighted by molar-refractivity contribution is 6.32. The standard InChI is InChI=1S/C18H21ClN4O2/c1-12-5-7-23(8-6-12)17(24)13-10-20-18(21-11-13)22-14-3-4-16(25-2)15(19)9-14/h3-4,9-12H,5-8H2,1-2H3,(H,20,21,22). The van der Waals surface area contributed by atoms with E-state index < -0.39 is 0 Å². The number of carbonyl (C=O) groups excluding carboxylic acids is 1. The lowest BCUT2D eigenvalue weighted by molar-refractivity contribution is 0.0696. The number of carbonyl (C=O) groups is 1. The Bertz CT molecular complexity index is 743. The smallest absolute Gasteiger partial charge is 0.256 e. The normalized spacial score (nSPS) is 15.1. The van der Waals surface area contributed by atoms with E-state index in [2.05, 4.69) is 22.2 Å². The number of benzene rings is 1. The summed E-state index contributed by atoms with van der Waals surface area (Å²) in [5.74, 6) is 1.68. The summed E-state index contributed by atoms with van der Waals surface area (Å²) in [6.07, 6.45) is 5.20. The summed E-state index contributed by atoms with van der Waals surface area (Å²) in [5.41, 5.74) is 1.25. The van der Waals surface area contributed by atoms with Crippen LogP contribution in [-0.2, 0) is 0 Å². The zero-order valence-corrected chi connectivity index (χ0v) is 15.1. The topological polar surface area (TPSA) is 67.3 Å². The molecule has 0 saturated carbocycles. The highest BCUT2D eigenvalue weighted by atomic mass is 35.5. The molecule has 0 spiro atoms. The highest BCUT2D eigenvalue weighted by Crippen LogP contribution is 2.28. The minimum atomic E-state index is -0.00839. The van der Waals surface area contributed by atoms with Gasteiger partial charge in [-0.25, -0.2) is 9.97 Å². The van der Waals surface area contributed by atoms with E-state index in [0.29, 0.717) is 28.2 Å². The largest absolute Gasteiger partial charge is 0.495 e. The van der Waals surface area contributed by atoms with E-state index in [1.807, 2.05) is 11.0 Å². The first-order chi connectivity index (χ1) is 12.1. The molecule has 132 valence electrons. The van der Waals surface area contributed by atoms with Gasteiger partial charge in [0.15, 0.2) is 0 Å². The van der Waals surface area contributed by atoms with Gasteiger partial charge in [-0.15, -0.1) is 0 Å². The van der Waals surface area contributed by atoms with Crippen molar-refractivity contribution < 1.29 is 9.53 Å². The van der Waals surface area contributed by atoms with Crippen molar-refractivity contribution in [2.75, 3.05) is 25.5 Å². The number of methoxy groups -OCH3 is 1. The van der Waals surface area contributed by atoms with Crippen LogP contribution in [0.3, 0.4) is 0 Å². The number of aromatic nitrogens is 2. The summed E-state index contributed by atoms with van der Waals surface area (Å²) in [7, 11) is 1.57. The summed E-state index contributed by atoms with van der Waals surface area (Å²) in [6.45, 7) is 3.81. The molecule has 2 aromatic rings. The number of rotatable bonds is 4. The predicted octanol–water partition coefficient (Wildman–Crippen LogP) is 3.75. The van der Waals surface area contributed by atoms with Crippen LogP contribution in [0, 0.1) is 5.92 Å². The lowest BCUT2D eigenvalue weighted by Crippen LogP contribution is -2.38. The monoisotopic (exact) mass is 360 g/mol. The first kappa shape index (κ1) is 17.5. The van der Waals surface area contributed by atoms with Gasteiger partial charge in [0.1, 0.15) is 5.75 Å². The summed E-state index contributed by atoms with van der Waals surface area (Å²) >= 11 is 6.10. The number of anilines is 2. The van der Waals surface area contributed by atoms with Crippen molar-refractivity contribution in [3.05, 3.63) is 41.2 Å². The van der Waals surface area contributed by atoms with Crippen LogP contribution in [0.25, 0.3) is 0 Å². The third-order valence-electron chi connectivity index (χ3n) is 4.38. The number of piperidine rings is 1. The lowest BCUT2D eigenvalue weighted by atomic mass is 9.99. The number of halogens is 1. The van der Waals surface area contributed by atoms with Crippen LogP contribution in [-0.4, -0.2) is 41.0 Å². The van der Waals surface area contributed by atoms with E-state index in [1.165, 1.54) is 0 Å². The molecule has 3 rings (SSSR count). The van der Waals surface area contributed by atoms with E-state index in [4.69, 9.17) is 16.3 Å². The van der Waals surface area contributed by atoms with Gasteiger partial charge >= 0.3 is 0 Å². The van der Waals surface area contributed by atoms with Gasteiger partial charge in [-0.2, -0.15) is 0 Å². The third kappa shape index (κ3) is 4.20. The Labute approximate surface area is 152 Å². The summed E-state index contributed by atoms with van der Waals surface area (Å²) in [5, 5.41) is 3.56. The maximum atomic E-state index is 12.5. The van der Waals surface area contributed by atoms with Crippen molar-refractivity contribution in [3.8, 4) is 5.75 Å². The van der Waals surface area contributed by atoms with E-state index in [-0.39, 0.29) is 5.91 Å². The first-order valence-corrected chi connectivity index (χ1v) is 8.66. The average Bonchev–Trinajstić information content (AvgIpc) is 2.63. The SMILES string of the molecule is COc1ccc(Nc2ncc(C(=O)N3CCC(C)CC3)cn2)cc1Cl. The van der Waals surface area contributed by atoms with Crippen LogP contribution in [0.4, 0.5) is 11.6 Å². The van der Waals surface area contributed by atoms with Gasteiger partial charge < -0.3 is 15.0 Å². The zero-order valence-electron chi connectivity index (χ0n) is 14.3. The molecule has 1 aromatic heterocycles. The number of amides is 1. The number of ether oxygens (including phenoxy) is 1. The Morgan fingerprint density at radius 3 is 2.56 bits per heavy atom. The van der Waals surface area contributed by atoms with Gasteiger partial charge in [-0.1, -0.05) is 18.5 Å². The summed E-state index contributed by atoms with van der Waals surface area (Å²) < 4.78 is 5.12. The fraction of sp³-hybridized carbons (Fsp3) is 0.389. The van der Waals surface area contributed by atoms with Crippen LogP contribution < -0.4 is 10.1 Å². The van der Waals surface area contributed by atoms with E-state index in [9.17, 15) is 4.79 Å². The van der Waals surface area contributed by atoms with Gasteiger partial charge in [0, 0.05) is 31.2 Å². The molecular formula is C18H21ClN4O2. The molecular weight excluding hydrogens is 340 g/mol. The number of nitrogens with zero attached hydrogens (tertiary/aromatic N) is 3. The Balaban J connectivity index is 1.66. The predicted molar refractivity (Wildman–Crippen MR) is 97.6 cm³/mol. The van der Waals surface area contributed by atoms with Gasteiger partial charge in [0.05, 0.1) is 17.7 Å². The van der Waals surface area contributed by atoms with E-state index in [0.717, 1.165) is 31.6 Å². The van der Waals surface area contributed by atoms with Crippen molar-refractivity contribution in [2.24, 2.45) is 5.92 Å². The van der Waals surface area contributed by atoms with E-state index in [1.54, 1.807) is 31.6 Å². The van der Waals surface area contributed by atoms with Gasteiger partial charge in [0.2, 0.25) is 5.95 Å². The molecule has 0 aliphatic carbocycles. The maximum Gasteiger partial charge on any atom is 0.256 e. The van der Waals surface area contributed by atoms with Crippen LogP contribution in [0.15, 0.2) is 30.6 Å². The number of nitrogens with one attached hydrogen (secondary N) is 1. The molecule has 1 aliphatic heterocycles. The summed E-state index contributed by atoms with van der Waals surface area (Å²) in [4.78, 5) is 22.8. The molecule has 6 nitrogen and oxygen atoms in total. The fourth-order valence-electron chi connectivity index (χ4n) is 2.77. The molecule has 1 amide bonds. The third-order valence-corrected chi connectivity index (χ3v) is 4.67. The quantitative estimate of drug-likeness (QED) is 0.899. The van der Waals surface area contributed by atoms with Gasteiger partial charge in [0.25, 0.3) is 5.91 Å². The van der Waals surface area contributed by atoms with Crippen LogP contribution in [0.1, 0.15) is 30.1 Å². The Hall–Kier alpha value is -2.34. The Kier molecular flexibility index (Phi) is 5.38. The molecule has 0 bridgehead atoms. The second kappa shape index (κ2) is 7.70. The molecule has 1 fully saturated rings. The van der Waals surface area contributed by atoms with Crippen molar-refractivity contribution in [3.63, 3.8) is 0 Å². The van der Waals surface area contributed by atoms with Crippen LogP contribution >= 0.6 is 11.6 Å². The van der Waals surface area contributed by atoms with Gasteiger partial charge in [-0.3, -0.25) is 4.79 Å². The molecule has 2 heterocycles. The molecule has 25 heavy (non-hydrogen) atoms. The molecule has 1 aliphatic rings. The average molecular weight is 361 g/mol. The van der Waals surface area contributed by atoms with Crippen molar-refractivity contribution >= 4 is 29.1 Å². The Morgan fingerprint density at radius 2 is 1.96 bits per heavy atom. The second-order valence-electron chi connectivity index (χ2n) is 6.24. The lowest BCUT2D eigenvalue weighted by Gasteiger charge is -2.30. The molecule has 1 saturated heterocycles. The summed E-state index contributed by atoms with van der Waals surface area (Å²) in [6, 6.07) is 5.32. The minimum absolute atomic E-state index is 0.00839. The molecule has 0 atom stereocenters. The molecule has 1 N–H and O–H groups in total. The molecule has 0 radical (unpaired) electrons. The van der Waals surface area contributed by atoms with Crippen molar-refractivity contribution in [2.45, 2.75) is 19.8 Å². The minimum Gasteiger partial charge on any atom is -0.495 e. The van der Waals surface area contributed by atoms with Gasteiger partial charge in [-0.05, 0) is 37.0 Å². The number of hydrogen-bond acceptors (Lipinski definition) is 5. The second-order valence-corrected chi connectivity index (χ2v) is 6.65. The highest BCUT2D eigenvalue weighted by Gasteiger charge is 2.21. The van der Waals surface area contributed by atoms with Crippen LogP contribution in [0.2, 0.25) is 5.02 Å².